The molecule has 0 bridgehead atoms. The standard InChI is InChI=1S/C23H25N7O3S2/c1-5-24-22(31)29-23-28-19-9-15(8-17(20(19)34-23)18-7-6-14(4)10-25-18)16-11-26-21(27-12-16)30-35(32,33)13(2)3/h6-13H,5H2,1-4H3,(H,26,27,30)(H2,24,28,29,31). The molecule has 1 aromatic carbocycles. The first-order valence-corrected chi connectivity index (χ1v) is 13.3. The third kappa shape index (κ3) is 5.54. The third-order valence-corrected chi connectivity index (χ3v) is 7.80. The molecule has 4 rings (SSSR count). The largest absolute Gasteiger partial charge is 0.338 e. The van der Waals surface area contributed by atoms with Crippen LogP contribution in [0.2, 0.25) is 0 Å². The Hall–Kier alpha value is -3.64. The van der Waals surface area contributed by atoms with E-state index >= 15 is 0 Å². The summed E-state index contributed by atoms with van der Waals surface area (Å²) < 4.78 is 27.5. The van der Waals surface area contributed by atoms with Gasteiger partial charge < -0.3 is 5.32 Å². The molecule has 0 aliphatic rings. The number of pyridine rings is 1. The van der Waals surface area contributed by atoms with Crippen molar-refractivity contribution in [3.8, 4) is 22.4 Å². The molecular formula is C23H25N7O3S2. The maximum atomic E-state index is 12.1. The Morgan fingerprint density at radius 3 is 2.43 bits per heavy atom. The summed E-state index contributed by atoms with van der Waals surface area (Å²) in [5.41, 5.74) is 4.79. The smallest absolute Gasteiger partial charge is 0.321 e. The van der Waals surface area contributed by atoms with Gasteiger partial charge in [0, 0.05) is 36.3 Å². The summed E-state index contributed by atoms with van der Waals surface area (Å²) in [5.74, 6) is 0.00559. The molecule has 0 aliphatic heterocycles. The van der Waals surface area contributed by atoms with Gasteiger partial charge in [-0.3, -0.25) is 15.0 Å². The van der Waals surface area contributed by atoms with Crippen molar-refractivity contribution < 1.29 is 13.2 Å². The highest BCUT2D eigenvalue weighted by molar-refractivity contribution is 7.93. The fourth-order valence-corrected chi connectivity index (χ4v) is 4.71. The number of fused-ring (bicyclic) bond motifs is 1. The molecule has 0 unspecified atom stereocenters. The van der Waals surface area contributed by atoms with Crippen molar-refractivity contribution in [2.45, 2.75) is 32.9 Å². The van der Waals surface area contributed by atoms with E-state index in [1.807, 2.05) is 38.1 Å². The van der Waals surface area contributed by atoms with Crippen LogP contribution in [-0.4, -0.2) is 46.2 Å². The van der Waals surface area contributed by atoms with Gasteiger partial charge in [-0.25, -0.2) is 28.2 Å². The summed E-state index contributed by atoms with van der Waals surface area (Å²) in [4.78, 5) is 29.5. The summed E-state index contributed by atoms with van der Waals surface area (Å²) >= 11 is 1.36. The second-order valence-corrected chi connectivity index (χ2v) is 11.3. The van der Waals surface area contributed by atoms with Crippen molar-refractivity contribution in [1.82, 2.24) is 25.3 Å². The quantitative estimate of drug-likeness (QED) is 0.334. The van der Waals surface area contributed by atoms with E-state index in [2.05, 4.69) is 35.3 Å². The predicted octanol–water partition coefficient (Wildman–Crippen LogP) is 4.42. The van der Waals surface area contributed by atoms with Crippen molar-refractivity contribution in [2.75, 3.05) is 16.6 Å². The molecule has 10 nitrogen and oxygen atoms in total. The summed E-state index contributed by atoms with van der Waals surface area (Å²) in [5, 5.41) is 5.32. The van der Waals surface area contributed by atoms with E-state index < -0.39 is 15.3 Å². The predicted molar refractivity (Wildman–Crippen MR) is 139 cm³/mol. The molecular weight excluding hydrogens is 486 g/mol. The van der Waals surface area contributed by atoms with Gasteiger partial charge in [0.2, 0.25) is 16.0 Å². The van der Waals surface area contributed by atoms with E-state index in [1.165, 1.54) is 11.3 Å². The van der Waals surface area contributed by atoms with Gasteiger partial charge in [-0.05, 0) is 57.0 Å². The molecule has 35 heavy (non-hydrogen) atoms. The SMILES string of the molecule is CCNC(=O)Nc1nc2cc(-c3cnc(NS(=O)(=O)C(C)C)nc3)cc(-c3ccc(C)cn3)c2s1. The fourth-order valence-electron chi connectivity index (χ4n) is 3.15. The summed E-state index contributed by atoms with van der Waals surface area (Å²) in [6.45, 7) is 7.47. The Morgan fingerprint density at radius 2 is 1.80 bits per heavy atom. The minimum atomic E-state index is -3.55. The average molecular weight is 512 g/mol. The number of amides is 2. The minimum absolute atomic E-state index is 0.00559. The first-order chi connectivity index (χ1) is 16.7. The number of carbonyl (C=O) groups excluding carboxylic acids is 1. The van der Waals surface area contributed by atoms with Crippen LogP contribution >= 0.6 is 11.3 Å². The van der Waals surface area contributed by atoms with Crippen LogP contribution in [0.25, 0.3) is 32.6 Å². The van der Waals surface area contributed by atoms with Gasteiger partial charge in [-0.15, -0.1) is 0 Å². The Kier molecular flexibility index (Phi) is 6.94. The zero-order chi connectivity index (χ0) is 25.2. The molecule has 0 saturated carbocycles. The Bertz CT molecular complexity index is 1470. The second kappa shape index (κ2) is 9.92. The molecule has 0 aliphatic carbocycles. The van der Waals surface area contributed by atoms with E-state index in [9.17, 15) is 13.2 Å². The molecule has 0 fully saturated rings. The number of anilines is 2. The van der Waals surface area contributed by atoms with Gasteiger partial charge in [0.1, 0.15) is 0 Å². The summed E-state index contributed by atoms with van der Waals surface area (Å²) in [7, 11) is -3.55. The Morgan fingerprint density at radius 1 is 1.06 bits per heavy atom. The lowest BCUT2D eigenvalue weighted by molar-refractivity contribution is 0.252. The maximum Gasteiger partial charge on any atom is 0.321 e. The highest BCUT2D eigenvalue weighted by Crippen LogP contribution is 2.38. The van der Waals surface area contributed by atoms with E-state index in [-0.39, 0.29) is 12.0 Å². The Labute approximate surface area is 207 Å². The number of aryl methyl sites for hydroxylation is 1. The zero-order valence-corrected chi connectivity index (χ0v) is 21.3. The van der Waals surface area contributed by atoms with E-state index in [0.717, 1.165) is 27.1 Å². The average Bonchev–Trinajstić information content (AvgIpc) is 3.21. The zero-order valence-electron chi connectivity index (χ0n) is 19.7. The van der Waals surface area contributed by atoms with Crippen molar-refractivity contribution in [3.63, 3.8) is 0 Å². The van der Waals surface area contributed by atoms with Crippen LogP contribution in [0.1, 0.15) is 26.3 Å². The first kappa shape index (κ1) is 24.5. The molecule has 3 heterocycles. The number of hydrogen-bond acceptors (Lipinski definition) is 8. The van der Waals surface area contributed by atoms with Crippen molar-refractivity contribution >= 4 is 48.7 Å². The minimum Gasteiger partial charge on any atom is -0.338 e. The van der Waals surface area contributed by atoms with Crippen LogP contribution in [0, 0.1) is 6.92 Å². The number of hydrogen-bond donors (Lipinski definition) is 3. The van der Waals surface area contributed by atoms with Gasteiger partial charge in [0.25, 0.3) is 0 Å². The van der Waals surface area contributed by atoms with Crippen molar-refractivity contribution in [3.05, 3.63) is 48.4 Å². The lowest BCUT2D eigenvalue weighted by atomic mass is 10.0. The van der Waals surface area contributed by atoms with Crippen molar-refractivity contribution in [1.29, 1.82) is 0 Å². The number of thiazole rings is 1. The van der Waals surface area contributed by atoms with Crippen LogP contribution in [-0.2, 0) is 10.0 Å². The van der Waals surface area contributed by atoms with E-state index in [4.69, 9.17) is 0 Å². The number of rotatable bonds is 7. The summed E-state index contributed by atoms with van der Waals surface area (Å²) in [6.07, 6.45) is 4.90. The number of benzene rings is 1. The number of aromatic nitrogens is 4. The topological polar surface area (TPSA) is 139 Å². The van der Waals surface area contributed by atoms with Crippen LogP contribution < -0.4 is 15.4 Å². The highest BCUT2D eigenvalue weighted by atomic mass is 32.2. The first-order valence-electron chi connectivity index (χ1n) is 10.9. The molecule has 0 saturated heterocycles. The van der Waals surface area contributed by atoms with Crippen LogP contribution in [0.3, 0.4) is 0 Å². The van der Waals surface area contributed by atoms with Crippen LogP contribution in [0.15, 0.2) is 42.9 Å². The highest BCUT2D eigenvalue weighted by Gasteiger charge is 2.18. The molecule has 4 aromatic rings. The van der Waals surface area contributed by atoms with E-state index in [1.54, 1.807) is 32.4 Å². The lowest BCUT2D eigenvalue weighted by Gasteiger charge is -2.10. The van der Waals surface area contributed by atoms with Crippen LogP contribution in [0.5, 0.6) is 0 Å². The molecule has 2 amide bonds. The van der Waals surface area contributed by atoms with E-state index in [0.29, 0.717) is 22.8 Å². The molecule has 12 heteroatoms. The van der Waals surface area contributed by atoms with Crippen LogP contribution in [0.4, 0.5) is 15.9 Å². The molecule has 3 N–H and O–H groups in total. The molecule has 0 atom stereocenters. The maximum absolute atomic E-state index is 12.1. The normalized spacial score (nSPS) is 11.6. The number of nitrogens with zero attached hydrogens (tertiary/aromatic N) is 4. The monoisotopic (exact) mass is 511 g/mol. The van der Waals surface area contributed by atoms with Crippen molar-refractivity contribution in [2.24, 2.45) is 0 Å². The van der Waals surface area contributed by atoms with Gasteiger partial charge >= 0.3 is 6.03 Å². The molecule has 0 radical (unpaired) electrons. The number of sulfonamides is 1. The lowest BCUT2D eigenvalue weighted by Crippen LogP contribution is -2.28. The molecule has 3 aromatic heterocycles. The second-order valence-electron chi connectivity index (χ2n) is 8.09. The Balaban J connectivity index is 1.76. The molecule has 182 valence electrons. The van der Waals surface area contributed by atoms with Gasteiger partial charge in [-0.1, -0.05) is 17.4 Å². The van der Waals surface area contributed by atoms with Gasteiger partial charge in [0.05, 0.1) is 21.2 Å². The van der Waals surface area contributed by atoms with Gasteiger partial charge in [0.15, 0.2) is 5.13 Å². The molecule has 0 spiro atoms. The van der Waals surface area contributed by atoms with Gasteiger partial charge in [-0.2, -0.15) is 0 Å². The number of urea groups is 1. The number of carbonyl (C=O) groups is 1. The summed E-state index contributed by atoms with van der Waals surface area (Å²) in [6, 6.07) is 7.43. The number of nitrogens with one attached hydrogen (secondary N) is 3. The third-order valence-electron chi connectivity index (χ3n) is 5.07. The fraction of sp³-hybridized carbons (Fsp3) is 0.261.